The summed E-state index contributed by atoms with van der Waals surface area (Å²) in [5.74, 6) is -2.44. The van der Waals surface area contributed by atoms with Crippen LogP contribution in [0, 0.1) is 0 Å². The summed E-state index contributed by atoms with van der Waals surface area (Å²) in [6.45, 7) is 0. The lowest BCUT2D eigenvalue weighted by Crippen LogP contribution is -2.19. The monoisotopic (exact) mass is 268 g/mol. The molecule has 2 rings (SSSR count). The highest BCUT2D eigenvalue weighted by atomic mass is 19.1. The SMILES string of the molecule is O=C=Nc1ccccc1C(F)(N=C=O)c1ccccc1. The van der Waals surface area contributed by atoms with Crippen LogP contribution in [-0.4, -0.2) is 12.2 Å². The van der Waals surface area contributed by atoms with E-state index in [9.17, 15) is 9.59 Å². The van der Waals surface area contributed by atoms with Gasteiger partial charge in [-0.25, -0.2) is 14.0 Å². The van der Waals surface area contributed by atoms with Gasteiger partial charge in [0.05, 0.1) is 5.69 Å². The van der Waals surface area contributed by atoms with Crippen LogP contribution in [0.4, 0.5) is 10.1 Å². The van der Waals surface area contributed by atoms with E-state index in [1.165, 1.54) is 36.4 Å². The second kappa shape index (κ2) is 5.85. The van der Waals surface area contributed by atoms with Crippen LogP contribution in [-0.2, 0) is 15.4 Å². The zero-order valence-electron chi connectivity index (χ0n) is 10.3. The van der Waals surface area contributed by atoms with E-state index in [0.29, 0.717) is 0 Å². The minimum Gasteiger partial charge on any atom is -0.211 e. The molecule has 0 aromatic heterocycles. The van der Waals surface area contributed by atoms with E-state index in [4.69, 9.17) is 0 Å². The normalized spacial score (nSPS) is 12.7. The van der Waals surface area contributed by atoms with Crippen LogP contribution >= 0.6 is 0 Å². The first-order valence-corrected chi connectivity index (χ1v) is 5.73. The van der Waals surface area contributed by atoms with Gasteiger partial charge in [0.1, 0.15) is 0 Å². The topological polar surface area (TPSA) is 58.9 Å². The predicted octanol–water partition coefficient (Wildman–Crippen LogP) is 3.16. The zero-order valence-corrected chi connectivity index (χ0v) is 10.3. The number of benzene rings is 2. The van der Waals surface area contributed by atoms with Crippen LogP contribution in [0.3, 0.4) is 0 Å². The minimum atomic E-state index is -2.44. The van der Waals surface area contributed by atoms with E-state index in [1.54, 1.807) is 30.3 Å². The predicted molar refractivity (Wildman–Crippen MR) is 70.7 cm³/mol. The van der Waals surface area contributed by atoms with Crippen molar-refractivity contribution in [2.45, 2.75) is 5.79 Å². The van der Waals surface area contributed by atoms with Crippen molar-refractivity contribution in [1.29, 1.82) is 0 Å². The largest absolute Gasteiger partial charge is 0.264 e. The van der Waals surface area contributed by atoms with E-state index in [0.717, 1.165) is 0 Å². The van der Waals surface area contributed by atoms with Gasteiger partial charge in [-0.05, 0) is 6.07 Å². The Morgan fingerprint density at radius 2 is 1.55 bits per heavy atom. The molecule has 0 aliphatic rings. The van der Waals surface area contributed by atoms with Crippen LogP contribution in [0.1, 0.15) is 11.1 Å². The number of nitrogens with zero attached hydrogens (tertiary/aromatic N) is 2. The zero-order chi connectivity index (χ0) is 14.4. The highest BCUT2D eigenvalue weighted by Crippen LogP contribution is 2.39. The summed E-state index contributed by atoms with van der Waals surface area (Å²) in [5.41, 5.74) is 0.197. The standard InChI is InChI=1S/C15H9FN2O2/c16-15(18-11-20,12-6-2-1-3-7-12)13-8-4-5-9-14(13)17-10-19/h1-9H. The molecule has 0 N–H and O–H groups in total. The summed E-state index contributed by atoms with van der Waals surface area (Å²) in [6, 6.07) is 13.9. The summed E-state index contributed by atoms with van der Waals surface area (Å²) in [7, 11) is 0. The lowest BCUT2D eigenvalue weighted by atomic mass is 9.95. The second-order valence-corrected chi connectivity index (χ2v) is 3.91. The number of isocyanates is 2. The summed E-state index contributed by atoms with van der Waals surface area (Å²) in [5, 5.41) is 0. The van der Waals surface area contributed by atoms with Crippen LogP contribution in [0.5, 0.6) is 0 Å². The minimum absolute atomic E-state index is 0.0158. The van der Waals surface area contributed by atoms with Gasteiger partial charge in [-0.1, -0.05) is 48.5 Å². The molecule has 0 amide bonds. The second-order valence-electron chi connectivity index (χ2n) is 3.91. The molecule has 0 radical (unpaired) electrons. The number of para-hydroxylation sites is 1. The number of aliphatic imine (C=N–C) groups is 2. The first-order valence-electron chi connectivity index (χ1n) is 5.73. The molecule has 98 valence electrons. The molecule has 0 aliphatic carbocycles. The molecule has 0 aliphatic heterocycles. The van der Waals surface area contributed by atoms with Crippen molar-refractivity contribution in [2.75, 3.05) is 0 Å². The molecular weight excluding hydrogens is 259 g/mol. The van der Waals surface area contributed by atoms with E-state index in [2.05, 4.69) is 9.98 Å². The fourth-order valence-corrected chi connectivity index (χ4v) is 1.90. The lowest BCUT2D eigenvalue weighted by Gasteiger charge is -2.21. The molecular formula is C15H9FN2O2. The number of carbonyl (C=O) groups excluding carboxylic acids is 2. The van der Waals surface area contributed by atoms with E-state index >= 15 is 4.39 Å². The Labute approximate surface area is 114 Å². The summed E-state index contributed by atoms with van der Waals surface area (Å²) in [4.78, 5) is 27.7. The maximum Gasteiger partial charge on any atom is 0.264 e. The number of hydrogen-bond donors (Lipinski definition) is 0. The van der Waals surface area contributed by atoms with Gasteiger partial charge in [0.2, 0.25) is 12.2 Å². The van der Waals surface area contributed by atoms with Crippen molar-refractivity contribution in [3.63, 3.8) is 0 Å². The molecule has 0 fully saturated rings. The molecule has 0 bridgehead atoms. The van der Waals surface area contributed by atoms with Crippen molar-refractivity contribution in [3.05, 3.63) is 65.7 Å². The van der Waals surface area contributed by atoms with Crippen molar-refractivity contribution in [1.82, 2.24) is 0 Å². The van der Waals surface area contributed by atoms with Gasteiger partial charge in [-0.3, -0.25) is 0 Å². The Morgan fingerprint density at radius 1 is 0.900 bits per heavy atom. The van der Waals surface area contributed by atoms with Gasteiger partial charge in [0.15, 0.2) is 0 Å². The van der Waals surface area contributed by atoms with Crippen molar-refractivity contribution < 1.29 is 14.0 Å². The van der Waals surface area contributed by atoms with E-state index in [1.807, 2.05) is 0 Å². The number of halogens is 1. The molecule has 1 unspecified atom stereocenters. The summed E-state index contributed by atoms with van der Waals surface area (Å²) < 4.78 is 15.2. The Kier molecular flexibility index (Phi) is 3.96. The van der Waals surface area contributed by atoms with Crippen molar-refractivity contribution in [3.8, 4) is 0 Å². The molecule has 0 saturated carbocycles. The maximum absolute atomic E-state index is 15.2. The molecule has 1 atom stereocenters. The maximum atomic E-state index is 15.2. The first-order chi connectivity index (χ1) is 9.72. The Morgan fingerprint density at radius 3 is 2.20 bits per heavy atom. The number of alkyl halides is 1. The average Bonchev–Trinajstić information content (AvgIpc) is 2.49. The molecule has 5 heteroatoms. The molecule has 2 aromatic rings. The van der Waals surface area contributed by atoms with Gasteiger partial charge in [-0.2, -0.15) is 9.98 Å². The number of hydrogen-bond acceptors (Lipinski definition) is 4. The smallest absolute Gasteiger partial charge is 0.211 e. The van der Waals surface area contributed by atoms with Gasteiger partial charge in [0.25, 0.3) is 5.79 Å². The third-order valence-electron chi connectivity index (χ3n) is 2.78. The summed E-state index contributed by atoms with van der Waals surface area (Å²) in [6.07, 6.45) is 2.59. The highest BCUT2D eigenvalue weighted by molar-refractivity contribution is 5.58. The highest BCUT2D eigenvalue weighted by Gasteiger charge is 2.36. The molecule has 20 heavy (non-hydrogen) atoms. The van der Waals surface area contributed by atoms with Gasteiger partial charge in [0, 0.05) is 11.1 Å². The molecule has 0 spiro atoms. The third kappa shape index (κ3) is 2.45. The average molecular weight is 268 g/mol. The van der Waals surface area contributed by atoms with Crippen LogP contribution in [0.25, 0.3) is 0 Å². The Bertz CT molecular complexity index is 705. The van der Waals surface area contributed by atoms with Gasteiger partial charge >= 0.3 is 0 Å². The lowest BCUT2D eigenvalue weighted by molar-refractivity contribution is 0.236. The molecule has 0 heterocycles. The molecule has 2 aromatic carbocycles. The van der Waals surface area contributed by atoms with Crippen LogP contribution in [0.15, 0.2) is 64.6 Å². The molecule has 4 nitrogen and oxygen atoms in total. The Hall–Kier alpha value is -2.87. The van der Waals surface area contributed by atoms with E-state index < -0.39 is 5.79 Å². The van der Waals surface area contributed by atoms with Crippen LogP contribution < -0.4 is 0 Å². The molecule has 0 saturated heterocycles. The third-order valence-corrected chi connectivity index (χ3v) is 2.78. The van der Waals surface area contributed by atoms with Crippen molar-refractivity contribution in [2.24, 2.45) is 9.98 Å². The Balaban J connectivity index is 2.72. The fourth-order valence-electron chi connectivity index (χ4n) is 1.90. The fraction of sp³-hybridized carbons (Fsp3) is 0.0667. The van der Waals surface area contributed by atoms with E-state index in [-0.39, 0.29) is 16.8 Å². The van der Waals surface area contributed by atoms with Crippen LogP contribution in [0.2, 0.25) is 0 Å². The number of rotatable bonds is 4. The first kappa shape index (κ1) is 13.6. The quantitative estimate of drug-likeness (QED) is 0.486. The van der Waals surface area contributed by atoms with Gasteiger partial charge in [-0.15, -0.1) is 0 Å². The van der Waals surface area contributed by atoms with Gasteiger partial charge < -0.3 is 0 Å². The summed E-state index contributed by atoms with van der Waals surface area (Å²) >= 11 is 0. The van der Waals surface area contributed by atoms with Crippen molar-refractivity contribution >= 4 is 17.8 Å².